The molecule has 18 heavy (non-hydrogen) atoms. The summed E-state index contributed by atoms with van der Waals surface area (Å²) < 4.78 is 0.759. The highest BCUT2D eigenvalue weighted by molar-refractivity contribution is 7.16. The lowest BCUT2D eigenvalue weighted by Crippen LogP contribution is -2.51. The van der Waals surface area contributed by atoms with Crippen LogP contribution < -0.4 is 10.6 Å². The second kappa shape index (κ2) is 6.04. The SMILES string of the molecule is CC(NC(=O)C1NCCCC1C)c1ccc(Cl)s1. The van der Waals surface area contributed by atoms with E-state index in [2.05, 4.69) is 17.6 Å². The lowest BCUT2D eigenvalue weighted by molar-refractivity contribution is -0.125. The summed E-state index contributed by atoms with van der Waals surface area (Å²) in [6.07, 6.45) is 2.27. The fourth-order valence-electron chi connectivity index (χ4n) is 2.34. The van der Waals surface area contributed by atoms with Crippen molar-refractivity contribution >= 4 is 28.8 Å². The summed E-state index contributed by atoms with van der Waals surface area (Å²) in [7, 11) is 0. The van der Waals surface area contributed by atoms with E-state index >= 15 is 0 Å². The molecule has 0 aromatic carbocycles. The Morgan fingerprint density at radius 2 is 2.39 bits per heavy atom. The molecule has 2 rings (SSSR count). The highest BCUT2D eigenvalue weighted by Crippen LogP contribution is 2.27. The van der Waals surface area contributed by atoms with E-state index in [9.17, 15) is 4.79 Å². The first-order valence-electron chi connectivity index (χ1n) is 6.37. The number of rotatable bonds is 3. The number of hydrogen-bond donors (Lipinski definition) is 2. The molecule has 2 heterocycles. The van der Waals surface area contributed by atoms with Gasteiger partial charge in [-0.15, -0.1) is 11.3 Å². The molecule has 2 N–H and O–H groups in total. The van der Waals surface area contributed by atoms with Crippen LogP contribution in [0.4, 0.5) is 0 Å². The summed E-state index contributed by atoms with van der Waals surface area (Å²) in [5.41, 5.74) is 0. The number of amides is 1. The van der Waals surface area contributed by atoms with Gasteiger partial charge >= 0.3 is 0 Å². The lowest BCUT2D eigenvalue weighted by atomic mass is 9.92. The Bertz CT molecular complexity index is 421. The molecular weight excluding hydrogens is 268 g/mol. The molecule has 100 valence electrons. The molecule has 0 saturated carbocycles. The highest BCUT2D eigenvalue weighted by Gasteiger charge is 2.28. The molecule has 0 spiro atoms. The zero-order valence-electron chi connectivity index (χ0n) is 10.7. The van der Waals surface area contributed by atoms with Crippen LogP contribution in [0.3, 0.4) is 0 Å². The van der Waals surface area contributed by atoms with Crippen LogP contribution in [0.15, 0.2) is 12.1 Å². The molecule has 3 unspecified atom stereocenters. The van der Waals surface area contributed by atoms with Crippen molar-refractivity contribution in [3.8, 4) is 0 Å². The maximum Gasteiger partial charge on any atom is 0.237 e. The molecule has 1 aliphatic rings. The molecule has 1 aromatic rings. The summed E-state index contributed by atoms with van der Waals surface area (Å²) in [5, 5.41) is 6.36. The largest absolute Gasteiger partial charge is 0.347 e. The standard InChI is InChI=1S/C13H19ClN2OS/c1-8-4-3-7-15-12(8)13(17)16-9(2)10-5-6-11(14)18-10/h5-6,8-9,12,15H,3-4,7H2,1-2H3,(H,16,17). The van der Waals surface area contributed by atoms with Gasteiger partial charge in [0.25, 0.3) is 0 Å². The number of carbonyl (C=O) groups excluding carboxylic acids is 1. The molecule has 1 saturated heterocycles. The van der Waals surface area contributed by atoms with Gasteiger partial charge in [-0.05, 0) is 44.4 Å². The van der Waals surface area contributed by atoms with Crippen LogP contribution in [0.5, 0.6) is 0 Å². The third-order valence-corrected chi connectivity index (χ3v) is 4.85. The van der Waals surface area contributed by atoms with Crippen molar-refractivity contribution in [3.05, 3.63) is 21.3 Å². The summed E-state index contributed by atoms with van der Waals surface area (Å²) >= 11 is 7.42. The molecule has 1 aromatic heterocycles. The number of thiophene rings is 1. The molecule has 5 heteroatoms. The van der Waals surface area contributed by atoms with Gasteiger partial charge in [0.15, 0.2) is 0 Å². The first-order valence-corrected chi connectivity index (χ1v) is 7.56. The number of carbonyl (C=O) groups is 1. The van der Waals surface area contributed by atoms with E-state index < -0.39 is 0 Å². The Balaban J connectivity index is 1.94. The molecule has 0 radical (unpaired) electrons. The van der Waals surface area contributed by atoms with Crippen LogP contribution in [0.25, 0.3) is 0 Å². The molecule has 1 fully saturated rings. The number of hydrogen-bond acceptors (Lipinski definition) is 3. The minimum absolute atomic E-state index is 0.0194. The van der Waals surface area contributed by atoms with Gasteiger partial charge in [0.05, 0.1) is 16.4 Å². The molecule has 3 nitrogen and oxygen atoms in total. The van der Waals surface area contributed by atoms with Crippen molar-refractivity contribution in [2.45, 2.75) is 38.8 Å². The van der Waals surface area contributed by atoms with Crippen LogP contribution in [0.2, 0.25) is 4.34 Å². The minimum Gasteiger partial charge on any atom is -0.347 e. The van der Waals surface area contributed by atoms with Crippen LogP contribution in [-0.2, 0) is 4.79 Å². The maximum atomic E-state index is 12.2. The van der Waals surface area contributed by atoms with Crippen molar-refractivity contribution in [2.24, 2.45) is 5.92 Å². The normalized spacial score (nSPS) is 25.7. The van der Waals surface area contributed by atoms with Gasteiger partial charge in [0, 0.05) is 4.88 Å². The molecule has 1 amide bonds. The Morgan fingerprint density at radius 3 is 3.00 bits per heavy atom. The van der Waals surface area contributed by atoms with Crippen LogP contribution in [-0.4, -0.2) is 18.5 Å². The lowest BCUT2D eigenvalue weighted by Gasteiger charge is -2.29. The van der Waals surface area contributed by atoms with Crippen molar-refractivity contribution in [3.63, 3.8) is 0 Å². The van der Waals surface area contributed by atoms with Crippen LogP contribution in [0, 0.1) is 5.92 Å². The third kappa shape index (κ3) is 3.25. The van der Waals surface area contributed by atoms with Crippen molar-refractivity contribution < 1.29 is 4.79 Å². The van der Waals surface area contributed by atoms with Gasteiger partial charge < -0.3 is 10.6 Å². The second-order valence-electron chi connectivity index (χ2n) is 4.92. The topological polar surface area (TPSA) is 41.1 Å². The Morgan fingerprint density at radius 1 is 1.61 bits per heavy atom. The van der Waals surface area contributed by atoms with Crippen LogP contribution >= 0.6 is 22.9 Å². The zero-order valence-corrected chi connectivity index (χ0v) is 12.3. The Labute approximate surface area is 117 Å². The maximum absolute atomic E-state index is 12.2. The van der Waals surface area contributed by atoms with Crippen molar-refractivity contribution in [1.29, 1.82) is 0 Å². The van der Waals surface area contributed by atoms with Gasteiger partial charge in [-0.1, -0.05) is 18.5 Å². The number of nitrogens with one attached hydrogen (secondary N) is 2. The zero-order chi connectivity index (χ0) is 13.1. The fraction of sp³-hybridized carbons (Fsp3) is 0.615. The first-order chi connectivity index (χ1) is 8.58. The van der Waals surface area contributed by atoms with Crippen LogP contribution in [0.1, 0.15) is 37.6 Å². The van der Waals surface area contributed by atoms with E-state index in [1.807, 2.05) is 19.1 Å². The highest BCUT2D eigenvalue weighted by atomic mass is 35.5. The van der Waals surface area contributed by atoms with E-state index in [1.54, 1.807) is 0 Å². The van der Waals surface area contributed by atoms with E-state index in [1.165, 1.54) is 11.3 Å². The van der Waals surface area contributed by atoms with E-state index in [-0.39, 0.29) is 18.0 Å². The third-order valence-electron chi connectivity index (χ3n) is 3.43. The molecular formula is C13H19ClN2OS. The number of halogens is 1. The predicted molar refractivity (Wildman–Crippen MR) is 76.1 cm³/mol. The second-order valence-corrected chi connectivity index (χ2v) is 6.67. The average Bonchev–Trinajstić information content (AvgIpc) is 2.76. The van der Waals surface area contributed by atoms with E-state index in [4.69, 9.17) is 11.6 Å². The van der Waals surface area contributed by atoms with Gasteiger partial charge in [-0.3, -0.25) is 4.79 Å². The first kappa shape index (κ1) is 13.8. The van der Waals surface area contributed by atoms with E-state index in [0.717, 1.165) is 28.6 Å². The Hall–Kier alpha value is -0.580. The minimum atomic E-state index is -0.0587. The molecule has 0 aliphatic carbocycles. The quantitative estimate of drug-likeness (QED) is 0.897. The fourth-order valence-corrected chi connectivity index (χ4v) is 3.40. The van der Waals surface area contributed by atoms with Crippen molar-refractivity contribution in [1.82, 2.24) is 10.6 Å². The average molecular weight is 287 g/mol. The van der Waals surface area contributed by atoms with Gasteiger partial charge in [-0.25, -0.2) is 0 Å². The van der Waals surface area contributed by atoms with Crippen molar-refractivity contribution in [2.75, 3.05) is 6.54 Å². The molecule has 0 bridgehead atoms. The smallest absolute Gasteiger partial charge is 0.237 e. The Kier molecular flexibility index (Phi) is 4.65. The predicted octanol–water partition coefficient (Wildman–Crippen LogP) is 2.97. The molecule has 1 aliphatic heterocycles. The monoisotopic (exact) mass is 286 g/mol. The summed E-state index contributed by atoms with van der Waals surface area (Å²) in [5.74, 6) is 0.497. The van der Waals surface area contributed by atoms with Gasteiger partial charge in [0.1, 0.15) is 0 Å². The van der Waals surface area contributed by atoms with Gasteiger partial charge in [-0.2, -0.15) is 0 Å². The number of piperidine rings is 1. The molecule has 3 atom stereocenters. The van der Waals surface area contributed by atoms with Gasteiger partial charge in [0.2, 0.25) is 5.91 Å². The summed E-state index contributed by atoms with van der Waals surface area (Å²) in [4.78, 5) is 13.3. The summed E-state index contributed by atoms with van der Waals surface area (Å²) in [6, 6.07) is 3.80. The summed E-state index contributed by atoms with van der Waals surface area (Å²) in [6.45, 7) is 5.05. The van der Waals surface area contributed by atoms with E-state index in [0.29, 0.717) is 5.92 Å².